The predicted molar refractivity (Wildman–Crippen MR) is 133 cm³/mol. The normalized spacial score (nSPS) is 54.1. The van der Waals surface area contributed by atoms with E-state index in [2.05, 4.69) is 41.5 Å². The van der Waals surface area contributed by atoms with Crippen molar-refractivity contribution in [1.29, 1.82) is 0 Å². The Morgan fingerprint density at radius 3 is 2.21 bits per heavy atom. The Kier molecular flexibility index (Phi) is 5.04. The third kappa shape index (κ3) is 2.81. The molecule has 9 atom stereocenters. The molecule has 0 spiro atoms. The van der Waals surface area contributed by atoms with Crippen LogP contribution in [0.25, 0.3) is 0 Å². The van der Waals surface area contributed by atoms with Crippen LogP contribution in [0.4, 0.5) is 0 Å². The minimum atomic E-state index is -0.711. The van der Waals surface area contributed by atoms with E-state index in [9.17, 15) is 19.8 Å². The molecule has 0 aromatic heterocycles. The fraction of sp³-hybridized carbons (Fsp3) is 0.867. The van der Waals surface area contributed by atoms with Gasteiger partial charge in [0, 0.05) is 5.92 Å². The van der Waals surface area contributed by atoms with Crippen LogP contribution in [0.5, 0.6) is 0 Å². The number of aliphatic hydroxyl groups excluding tert-OH is 1. The molecule has 0 amide bonds. The summed E-state index contributed by atoms with van der Waals surface area (Å²) < 4.78 is 0. The van der Waals surface area contributed by atoms with Gasteiger partial charge in [-0.15, -0.1) is 0 Å². The van der Waals surface area contributed by atoms with Crippen LogP contribution in [0.15, 0.2) is 11.6 Å². The lowest BCUT2D eigenvalue weighted by atomic mass is 9.33. The number of rotatable bonds is 1. The van der Waals surface area contributed by atoms with Crippen LogP contribution in [0.2, 0.25) is 0 Å². The van der Waals surface area contributed by atoms with Gasteiger partial charge in [0.25, 0.3) is 0 Å². The third-order valence-electron chi connectivity index (χ3n) is 13.1. The number of hydrogen-bond acceptors (Lipinski definition) is 3. The third-order valence-corrected chi connectivity index (χ3v) is 13.1. The molecular weight excluding hydrogens is 424 g/mol. The minimum absolute atomic E-state index is 0.0296. The molecule has 0 unspecified atom stereocenters. The van der Waals surface area contributed by atoms with Gasteiger partial charge in [0.15, 0.2) is 5.78 Å². The Balaban J connectivity index is 1.62. The highest BCUT2D eigenvalue weighted by Gasteiger charge is 2.70. The summed E-state index contributed by atoms with van der Waals surface area (Å²) in [6.45, 7) is 15.8. The Bertz CT molecular complexity index is 965. The van der Waals surface area contributed by atoms with Crippen LogP contribution in [-0.2, 0) is 9.59 Å². The fourth-order valence-electron chi connectivity index (χ4n) is 10.4. The summed E-state index contributed by atoms with van der Waals surface area (Å²) in [5.74, 6) is 0.0603. The molecule has 4 heteroatoms. The van der Waals surface area contributed by atoms with E-state index >= 15 is 0 Å². The summed E-state index contributed by atoms with van der Waals surface area (Å²) in [4.78, 5) is 26.4. The van der Waals surface area contributed by atoms with Crippen molar-refractivity contribution < 1.29 is 19.8 Å². The Hall–Kier alpha value is -1.16. The molecule has 0 heterocycles. The van der Waals surface area contributed by atoms with Crippen LogP contribution in [-0.4, -0.2) is 28.1 Å². The number of allylic oxidation sites excluding steroid dienone is 2. The second-order valence-electron chi connectivity index (χ2n) is 14.9. The molecule has 34 heavy (non-hydrogen) atoms. The largest absolute Gasteiger partial charge is 0.481 e. The second kappa shape index (κ2) is 6.99. The smallest absolute Gasteiger partial charge is 0.309 e. The van der Waals surface area contributed by atoms with E-state index in [0.29, 0.717) is 12.3 Å². The maximum absolute atomic E-state index is 14.2. The number of carbonyl (C=O) groups excluding carboxylic acids is 1. The van der Waals surface area contributed by atoms with E-state index in [-0.39, 0.29) is 50.8 Å². The molecule has 5 aliphatic carbocycles. The monoisotopic (exact) mass is 470 g/mol. The predicted octanol–water partition coefficient (Wildman–Crippen LogP) is 6.41. The molecule has 0 radical (unpaired) electrons. The Labute approximate surface area is 206 Å². The summed E-state index contributed by atoms with van der Waals surface area (Å²) >= 11 is 0. The van der Waals surface area contributed by atoms with Gasteiger partial charge in [0.2, 0.25) is 0 Å². The maximum Gasteiger partial charge on any atom is 0.309 e. The Morgan fingerprint density at radius 1 is 0.912 bits per heavy atom. The number of aliphatic hydroxyl groups is 1. The van der Waals surface area contributed by atoms with E-state index in [4.69, 9.17) is 0 Å². The molecule has 0 aromatic rings. The lowest BCUT2D eigenvalue weighted by Crippen LogP contribution is -2.66. The number of hydrogen-bond donors (Lipinski definition) is 2. The molecule has 4 nitrogen and oxygen atoms in total. The first-order chi connectivity index (χ1) is 15.6. The van der Waals surface area contributed by atoms with Crippen LogP contribution in [0, 0.1) is 50.2 Å². The van der Waals surface area contributed by atoms with Crippen molar-refractivity contribution in [2.75, 3.05) is 0 Å². The van der Waals surface area contributed by atoms with Gasteiger partial charge in [-0.3, -0.25) is 9.59 Å². The van der Waals surface area contributed by atoms with Gasteiger partial charge in [-0.05, 0) is 110 Å². The highest BCUT2D eigenvalue weighted by Crippen LogP contribution is 2.75. The number of carboxylic acid groups (broad SMARTS) is 1. The number of ketones is 1. The molecule has 0 aliphatic heterocycles. The molecule has 190 valence electrons. The number of aliphatic carboxylic acids is 1. The lowest BCUT2D eigenvalue weighted by molar-refractivity contribution is -0.202. The molecule has 0 bridgehead atoms. The van der Waals surface area contributed by atoms with Gasteiger partial charge < -0.3 is 10.2 Å². The highest BCUT2D eigenvalue weighted by atomic mass is 16.4. The average molecular weight is 471 g/mol. The van der Waals surface area contributed by atoms with Gasteiger partial charge in [0.05, 0.1) is 11.5 Å². The average Bonchev–Trinajstić information content (AvgIpc) is 2.73. The van der Waals surface area contributed by atoms with Gasteiger partial charge in [0.1, 0.15) is 0 Å². The first-order valence-electron chi connectivity index (χ1n) is 13.7. The van der Waals surface area contributed by atoms with Crippen molar-refractivity contribution in [2.24, 2.45) is 50.2 Å². The van der Waals surface area contributed by atoms with Crippen molar-refractivity contribution >= 4 is 11.8 Å². The summed E-state index contributed by atoms with van der Waals surface area (Å²) in [5, 5.41) is 20.9. The fourth-order valence-corrected chi connectivity index (χ4v) is 10.4. The van der Waals surface area contributed by atoms with Crippen LogP contribution in [0.3, 0.4) is 0 Å². The zero-order valence-electron chi connectivity index (χ0n) is 22.5. The van der Waals surface area contributed by atoms with Gasteiger partial charge in [-0.1, -0.05) is 47.1 Å². The lowest BCUT2D eigenvalue weighted by Gasteiger charge is -2.70. The quantitative estimate of drug-likeness (QED) is 0.464. The van der Waals surface area contributed by atoms with Gasteiger partial charge in [-0.2, -0.15) is 0 Å². The van der Waals surface area contributed by atoms with Crippen molar-refractivity contribution in [3.05, 3.63) is 11.6 Å². The van der Waals surface area contributed by atoms with Crippen LogP contribution >= 0.6 is 0 Å². The maximum atomic E-state index is 14.2. The summed E-state index contributed by atoms with van der Waals surface area (Å²) in [7, 11) is 0. The van der Waals surface area contributed by atoms with Crippen LogP contribution < -0.4 is 0 Å². The molecule has 2 N–H and O–H groups in total. The number of fused-ring (bicyclic) bond motifs is 7. The zero-order chi connectivity index (χ0) is 25.1. The minimum Gasteiger partial charge on any atom is -0.481 e. The topological polar surface area (TPSA) is 74.6 Å². The summed E-state index contributed by atoms with van der Waals surface area (Å²) in [5.41, 5.74) is 0.142. The first kappa shape index (κ1) is 24.5. The number of carbonyl (C=O) groups is 2. The second-order valence-corrected chi connectivity index (χ2v) is 14.9. The SMILES string of the molecule is CC1(C)[C@@H](O)CC[C@@]2(C)[C@H]1CC[C@]1(C)[C@H]2C(=O)C=C2[C@@H]3C[C@](C)(C(=O)O)CC[C@]3(C)CC[C@]21C. The molecule has 0 aromatic carbocycles. The van der Waals surface area contributed by atoms with Crippen molar-refractivity contribution in [3.8, 4) is 0 Å². The van der Waals surface area contributed by atoms with Crippen LogP contribution in [0.1, 0.15) is 106 Å². The van der Waals surface area contributed by atoms with E-state index in [1.807, 2.05) is 13.0 Å². The number of carboxylic acids is 1. The summed E-state index contributed by atoms with van der Waals surface area (Å²) in [6, 6.07) is 0. The molecule has 4 fully saturated rings. The van der Waals surface area contributed by atoms with E-state index in [1.165, 1.54) is 5.57 Å². The highest BCUT2D eigenvalue weighted by molar-refractivity contribution is 5.95. The van der Waals surface area contributed by atoms with Crippen molar-refractivity contribution in [3.63, 3.8) is 0 Å². The van der Waals surface area contributed by atoms with E-state index < -0.39 is 11.4 Å². The Morgan fingerprint density at radius 2 is 1.56 bits per heavy atom. The molecule has 5 rings (SSSR count). The zero-order valence-corrected chi connectivity index (χ0v) is 22.5. The van der Waals surface area contributed by atoms with Crippen molar-refractivity contribution in [2.45, 2.75) is 112 Å². The molecule has 5 aliphatic rings. The van der Waals surface area contributed by atoms with E-state index in [0.717, 1.165) is 51.4 Å². The van der Waals surface area contributed by atoms with E-state index in [1.54, 1.807) is 0 Å². The molecule has 0 saturated heterocycles. The summed E-state index contributed by atoms with van der Waals surface area (Å²) in [6.07, 6.45) is 9.95. The molecular formula is C30H46O4. The van der Waals surface area contributed by atoms with Crippen molar-refractivity contribution in [1.82, 2.24) is 0 Å². The van der Waals surface area contributed by atoms with Gasteiger partial charge >= 0.3 is 5.97 Å². The molecule has 4 saturated carbocycles. The standard InChI is InChI=1S/C30H46O4/c1-25(2)21-8-11-30(7)23(28(21,5)10-9-22(25)32)20(31)16-18-19-17-27(4,24(33)34)13-12-26(19,3)14-15-29(18,30)6/h16,19,21-23,32H,8-15,17H2,1-7H3,(H,33,34)/t19-,21-,22-,23-,26+,27+,28-,29+,30+/m0/s1. The van der Waals surface area contributed by atoms with Gasteiger partial charge in [-0.25, -0.2) is 0 Å². The first-order valence-corrected chi connectivity index (χ1v) is 13.7.